The smallest absolute Gasteiger partial charge is 0.186 e. The van der Waals surface area contributed by atoms with Crippen LogP contribution in [-0.4, -0.2) is 68.2 Å². The van der Waals surface area contributed by atoms with E-state index in [2.05, 4.69) is 0 Å². The van der Waals surface area contributed by atoms with Crippen LogP contribution in [0.3, 0.4) is 0 Å². The van der Waals surface area contributed by atoms with Gasteiger partial charge in [0.2, 0.25) is 0 Å². The maximum atomic E-state index is 10.2. The fraction of sp³-hybridized carbons (Fsp3) is 1.00. The van der Waals surface area contributed by atoms with E-state index in [1.807, 2.05) is 13.8 Å². The summed E-state index contributed by atoms with van der Waals surface area (Å²) in [5.41, 5.74) is 0. The molecular weight excluding hydrogens is 280 g/mol. The monoisotopic (exact) mass is 306 g/mol. The highest BCUT2D eigenvalue weighted by Crippen LogP contribution is 2.38. The molecule has 21 heavy (non-hydrogen) atoms. The molecule has 7 heteroatoms. The van der Waals surface area contributed by atoms with Gasteiger partial charge in [-0.2, -0.15) is 0 Å². The molecule has 0 bridgehead atoms. The first kappa shape index (κ1) is 17.1. The Balaban J connectivity index is 2.09. The van der Waals surface area contributed by atoms with Crippen molar-refractivity contribution in [3.63, 3.8) is 0 Å². The van der Waals surface area contributed by atoms with Crippen LogP contribution in [0.5, 0.6) is 0 Å². The summed E-state index contributed by atoms with van der Waals surface area (Å²) in [4.78, 5) is 0. The molecule has 0 aliphatic carbocycles. The predicted molar refractivity (Wildman–Crippen MR) is 72.5 cm³/mol. The zero-order valence-corrected chi connectivity index (χ0v) is 13.5. The lowest BCUT2D eigenvalue weighted by Crippen LogP contribution is -2.58. The molecule has 0 spiro atoms. The standard InChI is InChI=1S/C14H26O7/c1-13(2,17-6)18-7-8-10-11(21-14(3,4)20-10)9(15)12(16-5)19-8/h8-12,15H,7H2,1-6H3/t8-,9+,10+,11-,12+/m1/s1. The van der Waals surface area contributed by atoms with Crippen LogP contribution < -0.4 is 0 Å². The van der Waals surface area contributed by atoms with Gasteiger partial charge in [0.1, 0.15) is 24.4 Å². The minimum absolute atomic E-state index is 0.244. The average molecular weight is 306 g/mol. The fourth-order valence-corrected chi connectivity index (χ4v) is 2.52. The van der Waals surface area contributed by atoms with Crippen LogP contribution in [0.1, 0.15) is 27.7 Å². The number of rotatable bonds is 5. The molecule has 0 aromatic rings. The molecular formula is C14H26O7. The van der Waals surface area contributed by atoms with Gasteiger partial charge in [0.15, 0.2) is 17.9 Å². The summed E-state index contributed by atoms with van der Waals surface area (Å²) in [5, 5.41) is 10.2. The number of hydrogen-bond acceptors (Lipinski definition) is 7. The molecule has 0 amide bonds. The van der Waals surface area contributed by atoms with Gasteiger partial charge >= 0.3 is 0 Å². The Labute approximate surface area is 125 Å². The van der Waals surface area contributed by atoms with E-state index in [0.717, 1.165) is 0 Å². The molecule has 2 heterocycles. The van der Waals surface area contributed by atoms with Crippen LogP contribution in [0.25, 0.3) is 0 Å². The van der Waals surface area contributed by atoms with Gasteiger partial charge in [-0.3, -0.25) is 0 Å². The van der Waals surface area contributed by atoms with E-state index < -0.39 is 42.3 Å². The van der Waals surface area contributed by atoms with E-state index in [1.165, 1.54) is 7.11 Å². The Kier molecular flexibility index (Phi) is 4.94. The molecule has 2 rings (SSSR count). The highest BCUT2D eigenvalue weighted by atomic mass is 16.8. The van der Waals surface area contributed by atoms with Gasteiger partial charge in [-0.25, -0.2) is 0 Å². The molecule has 2 saturated heterocycles. The molecule has 2 aliphatic rings. The SMILES string of the molecule is CO[C@H]1O[C@H](COC(C)(C)OC)[C@@H]2OC(C)(C)O[C@@H]2[C@@H]1O. The Morgan fingerprint density at radius 2 is 1.76 bits per heavy atom. The number of ether oxygens (including phenoxy) is 6. The van der Waals surface area contributed by atoms with Crippen molar-refractivity contribution in [3.8, 4) is 0 Å². The van der Waals surface area contributed by atoms with Gasteiger partial charge in [0.05, 0.1) is 6.61 Å². The second-order valence-corrected chi connectivity index (χ2v) is 6.25. The summed E-state index contributed by atoms with van der Waals surface area (Å²) in [6, 6.07) is 0. The fourth-order valence-electron chi connectivity index (χ4n) is 2.52. The summed E-state index contributed by atoms with van der Waals surface area (Å²) in [5.74, 6) is -1.51. The van der Waals surface area contributed by atoms with E-state index in [-0.39, 0.29) is 6.61 Å². The summed E-state index contributed by atoms with van der Waals surface area (Å²) in [7, 11) is 3.05. The number of hydrogen-bond donors (Lipinski definition) is 1. The normalized spacial score (nSPS) is 39.3. The van der Waals surface area contributed by atoms with Gasteiger partial charge in [0, 0.05) is 14.2 Å². The van der Waals surface area contributed by atoms with Crippen LogP contribution in [0, 0.1) is 0 Å². The molecule has 0 saturated carbocycles. The predicted octanol–water partition coefficient (Wildman–Crippen LogP) is 0.638. The van der Waals surface area contributed by atoms with E-state index >= 15 is 0 Å². The molecule has 0 aromatic carbocycles. The van der Waals surface area contributed by atoms with Crippen molar-refractivity contribution in [3.05, 3.63) is 0 Å². The van der Waals surface area contributed by atoms with Crippen molar-refractivity contribution in [1.29, 1.82) is 0 Å². The van der Waals surface area contributed by atoms with Crippen LogP contribution in [0.15, 0.2) is 0 Å². The van der Waals surface area contributed by atoms with Crippen LogP contribution >= 0.6 is 0 Å². The lowest BCUT2D eigenvalue weighted by atomic mass is 9.99. The maximum Gasteiger partial charge on any atom is 0.186 e. The highest BCUT2D eigenvalue weighted by molar-refractivity contribution is 4.96. The minimum Gasteiger partial charge on any atom is -0.385 e. The first-order chi connectivity index (χ1) is 9.69. The number of aliphatic hydroxyl groups is 1. The lowest BCUT2D eigenvalue weighted by Gasteiger charge is -2.40. The van der Waals surface area contributed by atoms with Gasteiger partial charge < -0.3 is 33.5 Å². The second kappa shape index (κ2) is 6.08. The van der Waals surface area contributed by atoms with Crippen molar-refractivity contribution >= 4 is 0 Å². The van der Waals surface area contributed by atoms with E-state index in [0.29, 0.717) is 0 Å². The molecule has 2 fully saturated rings. The van der Waals surface area contributed by atoms with Gasteiger partial charge in [-0.1, -0.05) is 0 Å². The van der Waals surface area contributed by atoms with Gasteiger partial charge in [-0.15, -0.1) is 0 Å². The third-order valence-electron chi connectivity index (χ3n) is 3.77. The molecule has 1 N–H and O–H groups in total. The van der Waals surface area contributed by atoms with Crippen molar-refractivity contribution in [2.75, 3.05) is 20.8 Å². The first-order valence-electron chi connectivity index (χ1n) is 7.10. The zero-order valence-electron chi connectivity index (χ0n) is 13.5. The molecule has 5 atom stereocenters. The highest BCUT2D eigenvalue weighted by Gasteiger charge is 2.55. The maximum absolute atomic E-state index is 10.2. The number of fused-ring (bicyclic) bond motifs is 1. The Morgan fingerprint density at radius 3 is 2.33 bits per heavy atom. The number of aliphatic hydroxyl groups excluding tert-OH is 1. The largest absolute Gasteiger partial charge is 0.385 e. The summed E-state index contributed by atoms with van der Waals surface area (Å²) >= 11 is 0. The molecule has 0 unspecified atom stereocenters. The van der Waals surface area contributed by atoms with Crippen molar-refractivity contribution in [1.82, 2.24) is 0 Å². The minimum atomic E-state index is -0.909. The molecule has 2 aliphatic heterocycles. The molecule has 124 valence electrons. The first-order valence-corrected chi connectivity index (χ1v) is 7.10. The lowest BCUT2D eigenvalue weighted by molar-refractivity contribution is -0.292. The van der Waals surface area contributed by atoms with E-state index in [9.17, 15) is 5.11 Å². The summed E-state index contributed by atoms with van der Waals surface area (Å²) < 4.78 is 33.4. The molecule has 7 nitrogen and oxygen atoms in total. The Bertz CT molecular complexity index is 357. The topological polar surface area (TPSA) is 75.6 Å². The summed E-state index contributed by atoms with van der Waals surface area (Å²) in [6.07, 6.45) is -3.04. The number of methoxy groups -OCH3 is 2. The molecule has 0 radical (unpaired) electrons. The summed E-state index contributed by atoms with van der Waals surface area (Å²) in [6.45, 7) is 7.47. The van der Waals surface area contributed by atoms with Crippen LogP contribution in [-0.2, 0) is 28.4 Å². The molecule has 0 aromatic heterocycles. The van der Waals surface area contributed by atoms with Gasteiger partial charge in [0.25, 0.3) is 0 Å². The van der Waals surface area contributed by atoms with Gasteiger partial charge in [-0.05, 0) is 27.7 Å². The van der Waals surface area contributed by atoms with Crippen LogP contribution in [0.4, 0.5) is 0 Å². The second-order valence-electron chi connectivity index (χ2n) is 6.25. The van der Waals surface area contributed by atoms with E-state index in [1.54, 1.807) is 21.0 Å². The van der Waals surface area contributed by atoms with Crippen LogP contribution in [0.2, 0.25) is 0 Å². The average Bonchev–Trinajstić information content (AvgIpc) is 2.74. The van der Waals surface area contributed by atoms with E-state index in [4.69, 9.17) is 28.4 Å². The van der Waals surface area contributed by atoms with Crippen molar-refractivity contribution in [2.45, 2.75) is 70.0 Å². The quantitative estimate of drug-likeness (QED) is 0.747. The van der Waals surface area contributed by atoms with Crippen molar-refractivity contribution in [2.24, 2.45) is 0 Å². The third-order valence-corrected chi connectivity index (χ3v) is 3.77. The Hall–Kier alpha value is -0.280. The Morgan fingerprint density at radius 1 is 1.14 bits per heavy atom. The third kappa shape index (κ3) is 3.73. The zero-order chi connectivity index (χ0) is 15.8. The van der Waals surface area contributed by atoms with Crippen molar-refractivity contribution < 1.29 is 33.5 Å².